The van der Waals surface area contributed by atoms with Gasteiger partial charge in [0.15, 0.2) is 28.6 Å². The second-order valence-electron chi connectivity index (χ2n) is 7.94. The zero-order chi connectivity index (χ0) is 22.8. The Morgan fingerprint density at radius 3 is 2.97 bits per heavy atom. The number of aromatic nitrogens is 3. The average molecular weight is 482 g/mol. The van der Waals surface area contributed by atoms with Gasteiger partial charge in [0.05, 0.1) is 5.56 Å². The molecule has 0 saturated heterocycles. The molecule has 10 heteroatoms. The van der Waals surface area contributed by atoms with Crippen LogP contribution in [-0.4, -0.2) is 33.0 Å². The number of fused-ring (bicyclic) bond motifs is 2. The van der Waals surface area contributed by atoms with Gasteiger partial charge in [-0.25, -0.2) is 0 Å². The predicted molar refractivity (Wildman–Crippen MR) is 126 cm³/mol. The summed E-state index contributed by atoms with van der Waals surface area (Å²) in [6.07, 6.45) is 4.15. The van der Waals surface area contributed by atoms with Crippen molar-refractivity contribution in [3.05, 3.63) is 46.1 Å². The summed E-state index contributed by atoms with van der Waals surface area (Å²) in [5.74, 6) is 2.55. The molecule has 1 aliphatic carbocycles. The number of anilines is 1. The van der Waals surface area contributed by atoms with E-state index in [1.165, 1.54) is 16.6 Å². The van der Waals surface area contributed by atoms with Gasteiger partial charge >= 0.3 is 0 Å². The summed E-state index contributed by atoms with van der Waals surface area (Å²) in [4.78, 5) is 13.8. The molecule has 1 aliphatic heterocycles. The van der Waals surface area contributed by atoms with Crippen LogP contribution < -0.4 is 14.8 Å². The van der Waals surface area contributed by atoms with Crippen molar-refractivity contribution in [2.24, 2.45) is 7.05 Å². The van der Waals surface area contributed by atoms with Gasteiger partial charge in [-0.2, -0.15) is 5.26 Å². The van der Waals surface area contributed by atoms with Crippen LogP contribution in [0.25, 0.3) is 0 Å². The largest absolute Gasteiger partial charge is 0.485 e. The molecule has 33 heavy (non-hydrogen) atoms. The quantitative estimate of drug-likeness (QED) is 0.525. The molecule has 170 valence electrons. The Morgan fingerprint density at radius 2 is 2.12 bits per heavy atom. The second-order valence-corrected chi connectivity index (χ2v) is 10.1. The predicted octanol–water partition coefficient (Wildman–Crippen LogP) is 4.26. The van der Waals surface area contributed by atoms with Gasteiger partial charge < -0.3 is 19.4 Å². The lowest BCUT2D eigenvalue weighted by atomic mass is 9.96. The zero-order valence-electron chi connectivity index (χ0n) is 18.2. The summed E-state index contributed by atoms with van der Waals surface area (Å²) in [5.41, 5.74) is 1.77. The maximum atomic E-state index is 12.5. The standard InChI is InChI=1S/C23H23N5O3S2/c1-28-21(18-13-30-16-7-3-4-8-17(16)31-18)26-27-23(28)32-11-10-20(29)25-22-15(12-24)14-6-2-5-9-19(14)33-22/h3-4,7-8,18H,2,5-6,9-11,13H2,1H3,(H,25,29)/t18-/m0/s1. The second kappa shape index (κ2) is 9.45. The van der Waals surface area contributed by atoms with Crippen LogP contribution in [0.15, 0.2) is 29.4 Å². The number of para-hydroxylation sites is 2. The Labute approximate surface area is 199 Å². The van der Waals surface area contributed by atoms with Crippen molar-refractivity contribution in [1.29, 1.82) is 5.26 Å². The molecule has 0 saturated carbocycles. The summed E-state index contributed by atoms with van der Waals surface area (Å²) >= 11 is 3.01. The zero-order valence-corrected chi connectivity index (χ0v) is 19.8. The number of thioether (sulfide) groups is 1. The summed E-state index contributed by atoms with van der Waals surface area (Å²) in [6, 6.07) is 9.84. The molecule has 2 aliphatic rings. The van der Waals surface area contributed by atoms with Crippen LogP contribution in [0.3, 0.4) is 0 Å². The first kappa shape index (κ1) is 21.8. The molecule has 0 unspecified atom stereocenters. The van der Waals surface area contributed by atoms with Crippen molar-refractivity contribution in [1.82, 2.24) is 14.8 Å². The Kier molecular flexibility index (Phi) is 6.24. The van der Waals surface area contributed by atoms with E-state index in [4.69, 9.17) is 9.47 Å². The molecule has 0 radical (unpaired) electrons. The van der Waals surface area contributed by atoms with Crippen molar-refractivity contribution < 1.29 is 14.3 Å². The number of nitrogens with zero attached hydrogens (tertiary/aromatic N) is 4. The fraction of sp³-hybridized carbons (Fsp3) is 0.391. The number of nitriles is 1. The Morgan fingerprint density at radius 1 is 1.30 bits per heavy atom. The highest BCUT2D eigenvalue weighted by molar-refractivity contribution is 7.99. The number of amides is 1. The van der Waals surface area contributed by atoms with Gasteiger partial charge in [0.2, 0.25) is 5.91 Å². The smallest absolute Gasteiger partial charge is 0.225 e. The van der Waals surface area contributed by atoms with Crippen LogP contribution >= 0.6 is 23.1 Å². The van der Waals surface area contributed by atoms with E-state index in [1.54, 1.807) is 11.3 Å². The summed E-state index contributed by atoms with van der Waals surface area (Å²) in [6.45, 7) is 0.363. The van der Waals surface area contributed by atoms with E-state index in [0.717, 1.165) is 37.0 Å². The molecule has 1 N–H and O–H groups in total. The Bertz CT molecular complexity index is 1230. The first-order chi connectivity index (χ1) is 16.1. The number of hydrogen-bond donors (Lipinski definition) is 1. The minimum atomic E-state index is -0.343. The number of benzene rings is 1. The minimum absolute atomic E-state index is 0.0967. The van der Waals surface area contributed by atoms with E-state index in [2.05, 4.69) is 21.6 Å². The van der Waals surface area contributed by atoms with Crippen LogP contribution in [0, 0.1) is 11.3 Å². The number of carbonyl (C=O) groups is 1. The number of ether oxygens (including phenoxy) is 2. The minimum Gasteiger partial charge on any atom is -0.485 e. The van der Waals surface area contributed by atoms with Crippen molar-refractivity contribution >= 4 is 34.0 Å². The lowest BCUT2D eigenvalue weighted by molar-refractivity contribution is -0.115. The first-order valence-corrected chi connectivity index (χ1v) is 12.7. The number of hydrogen-bond acceptors (Lipinski definition) is 8. The summed E-state index contributed by atoms with van der Waals surface area (Å²) in [7, 11) is 1.89. The van der Waals surface area contributed by atoms with Crippen molar-refractivity contribution in [3.8, 4) is 17.6 Å². The highest BCUT2D eigenvalue weighted by atomic mass is 32.2. The van der Waals surface area contributed by atoms with Gasteiger partial charge in [0.25, 0.3) is 0 Å². The highest BCUT2D eigenvalue weighted by Gasteiger charge is 2.27. The van der Waals surface area contributed by atoms with Gasteiger partial charge in [0.1, 0.15) is 17.7 Å². The molecular weight excluding hydrogens is 458 g/mol. The maximum Gasteiger partial charge on any atom is 0.225 e. The normalized spacial score (nSPS) is 16.7. The number of nitrogens with one attached hydrogen (secondary N) is 1. The molecule has 5 rings (SSSR count). The maximum absolute atomic E-state index is 12.5. The molecule has 1 atom stereocenters. The van der Waals surface area contributed by atoms with Crippen molar-refractivity contribution in [3.63, 3.8) is 0 Å². The van der Waals surface area contributed by atoms with Crippen molar-refractivity contribution in [2.45, 2.75) is 43.4 Å². The van der Waals surface area contributed by atoms with Crippen LogP contribution in [0.5, 0.6) is 11.5 Å². The summed E-state index contributed by atoms with van der Waals surface area (Å²) < 4.78 is 13.7. The van der Waals surface area contributed by atoms with Crippen molar-refractivity contribution in [2.75, 3.05) is 17.7 Å². The molecular formula is C23H23N5O3S2. The van der Waals surface area contributed by atoms with Crippen LogP contribution in [0.4, 0.5) is 5.00 Å². The lowest BCUT2D eigenvalue weighted by Crippen LogP contribution is -2.24. The van der Waals surface area contributed by atoms with Gasteiger partial charge in [0, 0.05) is 24.1 Å². The van der Waals surface area contributed by atoms with E-state index in [0.29, 0.717) is 46.1 Å². The van der Waals surface area contributed by atoms with Gasteiger partial charge in [-0.1, -0.05) is 23.9 Å². The molecule has 1 aromatic carbocycles. The summed E-state index contributed by atoms with van der Waals surface area (Å²) in [5, 5.41) is 22.5. The molecule has 3 aromatic rings. The van der Waals surface area contributed by atoms with Crippen LogP contribution in [0.2, 0.25) is 0 Å². The van der Waals surface area contributed by atoms with E-state index in [1.807, 2.05) is 35.9 Å². The van der Waals surface area contributed by atoms with E-state index < -0.39 is 0 Å². The SMILES string of the molecule is Cn1c(SCCC(=O)Nc2sc3c(c2C#N)CCCC3)nnc1[C@@H]1COc2ccccc2O1. The lowest BCUT2D eigenvalue weighted by Gasteiger charge is -2.25. The van der Waals surface area contributed by atoms with E-state index in [-0.39, 0.29) is 12.0 Å². The monoisotopic (exact) mass is 481 g/mol. The number of thiophene rings is 1. The molecule has 8 nitrogen and oxygen atoms in total. The average Bonchev–Trinajstić information content (AvgIpc) is 3.38. The molecule has 0 fully saturated rings. The molecule has 3 heterocycles. The fourth-order valence-corrected chi connectivity index (χ4v) is 6.19. The van der Waals surface area contributed by atoms with E-state index in [9.17, 15) is 10.1 Å². The first-order valence-electron chi connectivity index (χ1n) is 10.9. The molecule has 1 amide bonds. The molecule has 0 bridgehead atoms. The third kappa shape index (κ3) is 4.43. The molecule has 2 aromatic heterocycles. The fourth-order valence-electron chi connectivity index (χ4n) is 4.08. The highest BCUT2D eigenvalue weighted by Crippen LogP contribution is 2.38. The number of aryl methyl sites for hydroxylation is 1. The third-order valence-electron chi connectivity index (χ3n) is 5.76. The van der Waals surface area contributed by atoms with Gasteiger partial charge in [-0.15, -0.1) is 21.5 Å². The van der Waals surface area contributed by atoms with Crippen LogP contribution in [-0.2, 0) is 24.7 Å². The molecule has 0 spiro atoms. The number of carbonyl (C=O) groups excluding carboxylic acids is 1. The van der Waals surface area contributed by atoms with E-state index >= 15 is 0 Å². The third-order valence-corrected chi connectivity index (χ3v) is 7.99. The Balaban J connectivity index is 1.17. The number of rotatable bonds is 6. The van der Waals surface area contributed by atoms with Gasteiger partial charge in [-0.3, -0.25) is 4.79 Å². The van der Waals surface area contributed by atoms with Crippen LogP contribution in [0.1, 0.15) is 47.2 Å². The Hall–Kier alpha value is -3.03. The van der Waals surface area contributed by atoms with Gasteiger partial charge in [-0.05, 0) is 43.4 Å². The topological polar surface area (TPSA) is 102 Å².